The fraction of sp³-hybridized carbons (Fsp3) is 0.280. The van der Waals surface area contributed by atoms with Crippen LogP contribution in [0, 0.1) is 0 Å². The summed E-state index contributed by atoms with van der Waals surface area (Å²) in [6, 6.07) is 13.9. The fourth-order valence-corrected chi connectivity index (χ4v) is 5.37. The molecule has 0 aliphatic carbocycles. The minimum absolute atomic E-state index is 0.0342. The third-order valence-electron chi connectivity index (χ3n) is 6.30. The number of anilines is 3. The molecule has 5 rings (SSSR count). The van der Waals surface area contributed by atoms with Crippen LogP contribution >= 0.6 is 0 Å². The van der Waals surface area contributed by atoms with E-state index in [1.807, 2.05) is 24.3 Å². The van der Waals surface area contributed by atoms with Crippen molar-refractivity contribution in [3.8, 4) is 11.3 Å². The normalized spacial score (nSPS) is 14.8. The second kappa shape index (κ2) is 9.67. The van der Waals surface area contributed by atoms with E-state index in [4.69, 9.17) is 0 Å². The van der Waals surface area contributed by atoms with Crippen LogP contribution in [0.4, 0.5) is 30.5 Å². The molecule has 37 heavy (non-hydrogen) atoms. The summed E-state index contributed by atoms with van der Waals surface area (Å²) >= 11 is 0. The highest BCUT2D eigenvalue weighted by Gasteiger charge is 2.36. The minimum atomic E-state index is -4.74. The molecule has 0 bridgehead atoms. The number of benzene rings is 2. The zero-order valence-corrected chi connectivity index (χ0v) is 20.8. The lowest BCUT2D eigenvalue weighted by molar-refractivity contribution is -0.137. The van der Waals surface area contributed by atoms with Crippen molar-refractivity contribution in [2.24, 2.45) is 0 Å². The SMILES string of the molecule is CCS(=O)(=O)n1cc(-c2nc(Nc3ccc(N4CCNCC4)cc3)ncc2C(F)(F)F)c2ccccc21. The van der Waals surface area contributed by atoms with E-state index in [0.717, 1.165) is 42.0 Å². The molecule has 0 saturated carbocycles. The van der Waals surface area contributed by atoms with Crippen molar-refractivity contribution in [2.45, 2.75) is 13.1 Å². The Hall–Kier alpha value is -3.64. The Bertz CT molecular complexity index is 1530. The zero-order valence-electron chi connectivity index (χ0n) is 20.0. The van der Waals surface area contributed by atoms with Gasteiger partial charge in [0, 0.05) is 60.9 Å². The second-order valence-electron chi connectivity index (χ2n) is 8.62. The second-order valence-corrected chi connectivity index (χ2v) is 10.8. The maximum absolute atomic E-state index is 14.0. The van der Waals surface area contributed by atoms with Crippen LogP contribution in [-0.2, 0) is 16.2 Å². The lowest BCUT2D eigenvalue weighted by Gasteiger charge is -2.29. The van der Waals surface area contributed by atoms with Gasteiger partial charge in [0.15, 0.2) is 0 Å². The summed E-state index contributed by atoms with van der Waals surface area (Å²) in [5.74, 6) is -0.245. The number of nitrogens with one attached hydrogen (secondary N) is 2. The van der Waals surface area contributed by atoms with Crippen molar-refractivity contribution < 1.29 is 21.6 Å². The molecule has 3 heterocycles. The standard InChI is InChI=1S/C25H25F3N6O2S/c1-2-37(35,36)34-16-20(19-5-3-4-6-22(19)34)23-21(25(26,27)28)15-30-24(32-23)31-17-7-9-18(10-8-17)33-13-11-29-12-14-33/h3-10,15-16,29H,2,11-14H2,1H3,(H,30,31,32). The van der Waals surface area contributed by atoms with Crippen molar-refractivity contribution in [1.29, 1.82) is 0 Å². The Morgan fingerprint density at radius 1 is 1.05 bits per heavy atom. The van der Waals surface area contributed by atoms with Crippen molar-refractivity contribution in [1.82, 2.24) is 19.3 Å². The Kier molecular flexibility index (Phi) is 6.54. The first-order valence-electron chi connectivity index (χ1n) is 11.8. The summed E-state index contributed by atoms with van der Waals surface area (Å²) in [7, 11) is -3.76. The highest BCUT2D eigenvalue weighted by molar-refractivity contribution is 7.90. The van der Waals surface area contributed by atoms with Gasteiger partial charge in [-0.2, -0.15) is 13.2 Å². The van der Waals surface area contributed by atoms with Gasteiger partial charge in [-0.25, -0.2) is 22.4 Å². The molecule has 12 heteroatoms. The molecule has 1 fully saturated rings. The lowest BCUT2D eigenvalue weighted by atomic mass is 10.1. The van der Waals surface area contributed by atoms with Crippen LogP contribution in [0.2, 0.25) is 0 Å². The topological polar surface area (TPSA) is 92.2 Å². The fourth-order valence-electron chi connectivity index (χ4n) is 4.37. The molecule has 0 atom stereocenters. The Labute approximate surface area is 212 Å². The molecule has 8 nitrogen and oxygen atoms in total. The van der Waals surface area contributed by atoms with Crippen LogP contribution in [-0.4, -0.2) is 54.3 Å². The van der Waals surface area contributed by atoms with Gasteiger partial charge in [0.25, 0.3) is 0 Å². The third-order valence-corrected chi connectivity index (χ3v) is 7.93. The van der Waals surface area contributed by atoms with E-state index in [9.17, 15) is 21.6 Å². The maximum Gasteiger partial charge on any atom is 0.419 e. The number of aromatic nitrogens is 3. The first kappa shape index (κ1) is 25.0. The zero-order chi connectivity index (χ0) is 26.2. The van der Waals surface area contributed by atoms with Gasteiger partial charge < -0.3 is 15.5 Å². The predicted octanol–water partition coefficient (Wildman–Crippen LogP) is 4.47. The summed E-state index contributed by atoms with van der Waals surface area (Å²) in [5, 5.41) is 6.62. The molecule has 194 valence electrons. The number of rotatable bonds is 6. The number of halogens is 3. The number of hydrogen-bond donors (Lipinski definition) is 2. The molecule has 0 unspecified atom stereocenters. The highest BCUT2D eigenvalue weighted by atomic mass is 32.2. The Balaban J connectivity index is 1.56. The van der Waals surface area contributed by atoms with Gasteiger partial charge in [-0.1, -0.05) is 18.2 Å². The van der Waals surface area contributed by atoms with E-state index in [2.05, 4.69) is 25.5 Å². The number of nitrogens with zero attached hydrogens (tertiary/aromatic N) is 4. The van der Waals surface area contributed by atoms with E-state index in [1.54, 1.807) is 24.3 Å². The van der Waals surface area contributed by atoms with Crippen molar-refractivity contribution in [3.63, 3.8) is 0 Å². The van der Waals surface area contributed by atoms with Crippen LogP contribution in [0.1, 0.15) is 12.5 Å². The molecule has 1 aliphatic rings. The van der Waals surface area contributed by atoms with Gasteiger partial charge in [-0.3, -0.25) is 0 Å². The molecule has 2 N–H and O–H groups in total. The number of para-hydroxylation sites is 1. The summed E-state index contributed by atoms with van der Waals surface area (Å²) in [5.41, 5.74) is 0.544. The molecule has 1 saturated heterocycles. The van der Waals surface area contributed by atoms with Crippen molar-refractivity contribution >= 4 is 38.2 Å². The van der Waals surface area contributed by atoms with Crippen LogP contribution < -0.4 is 15.5 Å². The van der Waals surface area contributed by atoms with Gasteiger partial charge >= 0.3 is 6.18 Å². The molecular weight excluding hydrogens is 505 g/mol. The van der Waals surface area contributed by atoms with Gasteiger partial charge in [0.1, 0.15) is 5.56 Å². The smallest absolute Gasteiger partial charge is 0.369 e. The van der Waals surface area contributed by atoms with Crippen molar-refractivity contribution in [2.75, 3.05) is 42.1 Å². The molecular formula is C25H25F3N6O2S. The number of piperazine rings is 1. The summed E-state index contributed by atoms with van der Waals surface area (Å²) < 4.78 is 68.3. The molecule has 2 aromatic heterocycles. The number of fused-ring (bicyclic) bond motifs is 1. The molecule has 0 spiro atoms. The molecule has 0 amide bonds. The lowest BCUT2D eigenvalue weighted by Crippen LogP contribution is -2.43. The third kappa shape index (κ3) is 4.98. The average molecular weight is 531 g/mol. The maximum atomic E-state index is 14.0. The number of hydrogen-bond acceptors (Lipinski definition) is 7. The van der Waals surface area contributed by atoms with E-state index in [-0.39, 0.29) is 22.8 Å². The van der Waals surface area contributed by atoms with E-state index >= 15 is 0 Å². The Morgan fingerprint density at radius 3 is 2.43 bits per heavy atom. The van der Waals surface area contributed by atoms with Gasteiger partial charge in [-0.15, -0.1) is 0 Å². The summed E-state index contributed by atoms with van der Waals surface area (Å²) in [6.45, 7) is 5.06. The quantitative estimate of drug-likeness (QED) is 0.380. The van der Waals surface area contributed by atoms with Gasteiger partial charge in [0.05, 0.1) is 17.0 Å². The Morgan fingerprint density at radius 2 is 1.76 bits per heavy atom. The predicted molar refractivity (Wildman–Crippen MR) is 138 cm³/mol. The van der Waals surface area contributed by atoms with Crippen molar-refractivity contribution in [3.05, 3.63) is 66.5 Å². The van der Waals surface area contributed by atoms with Crippen LogP contribution in [0.25, 0.3) is 22.2 Å². The molecule has 1 aliphatic heterocycles. The first-order chi connectivity index (χ1) is 17.7. The largest absolute Gasteiger partial charge is 0.419 e. The van der Waals surface area contributed by atoms with Crippen LogP contribution in [0.5, 0.6) is 0 Å². The molecule has 0 radical (unpaired) electrons. The highest BCUT2D eigenvalue weighted by Crippen LogP contribution is 2.40. The first-order valence-corrected chi connectivity index (χ1v) is 13.4. The number of alkyl halides is 3. The van der Waals surface area contributed by atoms with E-state index < -0.39 is 27.5 Å². The average Bonchev–Trinajstić information content (AvgIpc) is 3.30. The van der Waals surface area contributed by atoms with Gasteiger partial charge in [0.2, 0.25) is 16.0 Å². The summed E-state index contributed by atoms with van der Waals surface area (Å²) in [6.07, 6.45) is -2.82. The van der Waals surface area contributed by atoms with E-state index in [1.165, 1.54) is 13.1 Å². The van der Waals surface area contributed by atoms with Crippen LogP contribution in [0.15, 0.2) is 60.9 Å². The summed E-state index contributed by atoms with van der Waals surface area (Å²) in [4.78, 5) is 10.4. The van der Waals surface area contributed by atoms with E-state index in [0.29, 0.717) is 11.1 Å². The van der Waals surface area contributed by atoms with Gasteiger partial charge in [-0.05, 0) is 37.3 Å². The minimum Gasteiger partial charge on any atom is -0.369 e. The molecule has 2 aromatic carbocycles. The van der Waals surface area contributed by atoms with Crippen LogP contribution in [0.3, 0.4) is 0 Å². The molecule has 4 aromatic rings. The monoisotopic (exact) mass is 530 g/mol.